The Labute approximate surface area is 98.1 Å². The Morgan fingerprint density at radius 2 is 2.00 bits per heavy atom. The molecule has 1 aromatic rings. The maximum atomic E-state index is 11.0. The summed E-state index contributed by atoms with van der Waals surface area (Å²) in [7, 11) is 0. The lowest BCUT2D eigenvalue weighted by molar-refractivity contribution is 0.0646. The lowest BCUT2D eigenvalue weighted by atomic mass is 10.0. The summed E-state index contributed by atoms with van der Waals surface area (Å²) in [5.74, 6) is -2.22. The highest BCUT2D eigenvalue weighted by atomic mass is 16.4. The van der Waals surface area contributed by atoms with Crippen LogP contribution in [0.15, 0.2) is 6.07 Å². The summed E-state index contributed by atoms with van der Waals surface area (Å²) in [5, 5.41) is 18.0. The monoisotopic (exact) mass is 235 g/mol. The van der Waals surface area contributed by atoms with Crippen molar-refractivity contribution in [1.82, 2.24) is 4.98 Å². The molecular weight excluding hydrogens is 222 g/mol. The van der Waals surface area contributed by atoms with Crippen LogP contribution in [-0.2, 0) is 6.42 Å². The highest BCUT2D eigenvalue weighted by Gasteiger charge is 2.30. The standard InChI is InChI=1S/C12H13NO4/c1-2-6-5-8(11(14)15)10(12(16)17)13-9(6)7-3-4-7/h5,7H,2-4H2,1H3,(H,14,15)(H,16,17). The van der Waals surface area contributed by atoms with Crippen molar-refractivity contribution in [3.63, 3.8) is 0 Å². The Hall–Kier alpha value is -1.91. The second kappa shape index (κ2) is 4.16. The number of aromatic carboxylic acids is 2. The lowest BCUT2D eigenvalue weighted by Gasteiger charge is -2.09. The van der Waals surface area contributed by atoms with Gasteiger partial charge in [-0.15, -0.1) is 0 Å². The third kappa shape index (κ3) is 2.13. The first kappa shape index (κ1) is 11.6. The fourth-order valence-corrected chi connectivity index (χ4v) is 1.89. The summed E-state index contributed by atoms with van der Waals surface area (Å²) in [6, 6.07) is 1.45. The van der Waals surface area contributed by atoms with E-state index < -0.39 is 11.9 Å². The predicted molar refractivity (Wildman–Crippen MR) is 59.5 cm³/mol. The van der Waals surface area contributed by atoms with E-state index in [9.17, 15) is 9.59 Å². The zero-order valence-corrected chi connectivity index (χ0v) is 9.43. The molecule has 5 nitrogen and oxygen atoms in total. The van der Waals surface area contributed by atoms with Gasteiger partial charge in [0.15, 0.2) is 5.69 Å². The Balaban J connectivity index is 2.60. The molecule has 0 amide bonds. The number of hydrogen-bond acceptors (Lipinski definition) is 3. The van der Waals surface area contributed by atoms with E-state index in [-0.39, 0.29) is 11.3 Å². The van der Waals surface area contributed by atoms with E-state index in [1.54, 1.807) is 0 Å². The minimum absolute atomic E-state index is 0.223. The molecule has 1 saturated carbocycles. The molecule has 0 aromatic carbocycles. The Bertz CT molecular complexity index is 492. The number of hydrogen-bond donors (Lipinski definition) is 2. The van der Waals surface area contributed by atoms with Crippen molar-refractivity contribution in [2.45, 2.75) is 32.1 Å². The van der Waals surface area contributed by atoms with Crippen LogP contribution in [0.25, 0.3) is 0 Å². The van der Waals surface area contributed by atoms with Gasteiger partial charge in [-0.05, 0) is 30.9 Å². The quantitative estimate of drug-likeness (QED) is 0.832. The first-order chi connectivity index (χ1) is 8.04. The minimum Gasteiger partial charge on any atom is -0.478 e. The Morgan fingerprint density at radius 3 is 2.41 bits per heavy atom. The van der Waals surface area contributed by atoms with Gasteiger partial charge in [0.25, 0.3) is 0 Å². The van der Waals surface area contributed by atoms with E-state index in [0.29, 0.717) is 12.3 Å². The highest BCUT2D eigenvalue weighted by molar-refractivity contribution is 6.00. The molecule has 0 unspecified atom stereocenters. The molecule has 2 rings (SSSR count). The van der Waals surface area contributed by atoms with Gasteiger partial charge in [-0.2, -0.15) is 0 Å². The van der Waals surface area contributed by atoms with Crippen LogP contribution in [0.4, 0.5) is 0 Å². The highest BCUT2D eigenvalue weighted by Crippen LogP contribution is 2.41. The number of pyridine rings is 1. The molecule has 1 heterocycles. The van der Waals surface area contributed by atoms with Crippen LogP contribution in [0.1, 0.15) is 57.8 Å². The molecule has 17 heavy (non-hydrogen) atoms. The Morgan fingerprint density at radius 1 is 1.35 bits per heavy atom. The molecular formula is C12H13NO4. The van der Waals surface area contributed by atoms with Crippen LogP contribution in [0.2, 0.25) is 0 Å². The zero-order chi connectivity index (χ0) is 12.6. The van der Waals surface area contributed by atoms with Crippen molar-refractivity contribution in [2.24, 2.45) is 0 Å². The summed E-state index contributed by atoms with van der Waals surface area (Å²) < 4.78 is 0. The van der Waals surface area contributed by atoms with E-state index in [1.807, 2.05) is 6.92 Å². The van der Waals surface area contributed by atoms with Crippen LogP contribution >= 0.6 is 0 Å². The number of aryl methyl sites for hydroxylation is 1. The van der Waals surface area contributed by atoms with Crippen molar-refractivity contribution in [3.8, 4) is 0 Å². The molecule has 0 radical (unpaired) electrons. The lowest BCUT2D eigenvalue weighted by Crippen LogP contribution is -2.14. The number of nitrogens with zero attached hydrogens (tertiary/aromatic N) is 1. The van der Waals surface area contributed by atoms with Gasteiger partial charge in [0, 0.05) is 11.6 Å². The maximum absolute atomic E-state index is 11.0. The van der Waals surface area contributed by atoms with Gasteiger partial charge in [-0.1, -0.05) is 6.92 Å². The number of carboxylic acid groups (broad SMARTS) is 2. The number of carboxylic acids is 2. The molecule has 1 aromatic heterocycles. The molecule has 1 fully saturated rings. The molecule has 0 aliphatic heterocycles. The molecule has 0 atom stereocenters. The van der Waals surface area contributed by atoms with Gasteiger partial charge in [-0.25, -0.2) is 14.6 Å². The molecule has 90 valence electrons. The SMILES string of the molecule is CCc1cc(C(=O)O)c(C(=O)O)nc1C1CC1. The van der Waals surface area contributed by atoms with Crippen LogP contribution in [-0.4, -0.2) is 27.1 Å². The molecule has 0 bridgehead atoms. The second-order valence-electron chi connectivity index (χ2n) is 4.17. The average Bonchev–Trinajstić information content (AvgIpc) is 3.10. The molecule has 1 aliphatic rings. The van der Waals surface area contributed by atoms with Gasteiger partial charge >= 0.3 is 11.9 Å². The van der Waals surface area contributed by atoms with E-state index >= 15 is 0 Å². The van der Waals surface area contributed by atoms with Crippen LogP contribution < -0.4 is 0 Å². The van der Waals surface area contributed by atoms with Crippen molar-refractivity contribution in [2.75, 3.05) is 0 Å². The van der Waals surface area contributed by atoms with Crippen molar-refractivity contribution < 1.29 is 19.8 Å². The topological polar surface area (TPSA) is 87.5 Å². The first-order valence-electron chi connectivity index (χ1n) is 5.55. The van der Waals surface area contributed by atoms with Crippen LogP contribution in [0.3, 0.4) is 0 Å². The fourth-order valence-electron chi connectivity index (χ4n) is 1.89. The van der Waals surface area contributed by atoms with E-state index in [0.717, 1.165) is 24.1 Å². The molecule has 0 saturated heterocycles. The smallest absolute Gasteiger partial charge is 0.355 e. The summed E-state index contributed by atoms with van der Waals surface area (Å²) in [5.41, 5.74) is 1.03. The largest absolute Gasteiger partial charge is 0.478 e. The van der Waals surface area contributed by atoms with Crippen LogP contribution in [0.5, 0.6) is 0 Å². The average molecular weight is 235 g/mol. The molecule has 0 spiro atoms. The van der Waals surface area contributed by atoms with Crippen molar-refractivity contribution >= 4 is 11.9 Å². The number of aromatic nitrogens is 1. The van der Waals surface area contributed by atoms with E-state index in [1.165, 1.54) is 6.07 Å². The third-order valence-corrected chi connectivity index (χ3v) is 2.91. The Kier molecular flexibility index (Phi) is 2.83. The van der Waals surface area contributed by atoms with E-state index in [4.69, 9.17) is 10.2 Å². The predicted octanol–water partition coefficient (Wildman–Crippen LogP) is 1.92. The summed E-state index contributed by atoms with van der Waals surface area (Å²) >= 11 is 0. The number of carbonyl (C=O) groups is 2. The van der Waals surface area contributed by atoms with Gasteiger partial charge in [0.2, 0.25) is 0 Å². The molecule has 5 heteroatoms. The van der Waals surface area contributed by atoms with Crippen molar-refractivity contribution in [1.29, 1.82) is 0 Å². The van der Waals surface area contributed by atoms with Gasteiger partial charge < -0.3 is 10.2 Å². The minimum atomic E-state index is -1.29. The number of rotatable bonds is 4. The first-order valence-corrected chi connectivity index (χ1v) is 5.55. The van der Waals surface area contributed by atoms with Crippen molar-refractivity contribution in [3.05, 3.63) is 28.6 Å². The van der Waals surface area contributed by atoms with Gasteiger partial charge in [0.05, 0.1) is 5.56 Å². The fraction of sp³-hybridized carbons (Fsp3) is 0.417. The summed E-state index contributed by atoms with van der Waals surface area (Å²) in [6.45, 7) is 1.91. The normalized spacial score (nSPS) is 14.6. The maximum Gasteiger partial charge on any atom is 0.355 e. The second-order valence-corrected chi connectivity index (χ2v) is 4.17. The van der Waals surface area contributed by atoms with Gasteiger partial charge in [0.1, 0.15) is 0 Å². The van der Waals surface area contributed by atoms with E-state index in [2.05, 4.69) is 4.98 Å². The van der Waals surface area contributed by atoms with Crippen LogP contribution in [0, 0.1) is 0 Å². The summed E-state index contributed by atoms with van der Waals surface area (Å²) in [4.78, 5) is 26.0. The van der Waals surface area contributed by atoms with Gasteiger partial charge in [-0.3, -0.25) is 0 Å². The third-order valence-electron chi connectivity index (χ3n) is 2.91. The summed E-state index contributed by atoms with van der Waals surface area (Å²) in [6.07, 6.45) is 2.68. The molecule has 1 aliphatic carbocycles. The molecule has 2 N–H and O–H groups in total. The zero-order valence-electron chi connectivity index (χ0n) is 9.43.